The molecule has 0 amide bonds. The number of hydrogen-bond donors (Lipinski definition) is 0. The van der Waals surface area contributed by atoms with E-state index in [4.69, 9.17) is 0 Å². The van der Waals surface area contributed by atoms with Crippen LogP contribution in [0.25, 0.3) is 11.4 Å². The van der Waals surface area contributed by atoms with Gasteiger partial charge >= 0.3 is 29.6 Å². The topological polar surface area (TPSA) is 44.0 Å². The number of hydrogen-bond acceptors (Lipinski definition) is 2. The predicted octanol–water partition coefficient (Wildman–Crippen LogP) is 0.0539. The van der Waals surface area contributed by atoms with Gasteiger partial charge in [-0.05, 0) is 24.3 Å². The molecule has 0 aliphatic heterocycles. The Bertz CT molecular complexity index is 822. The average molecular weight is 330 g/mol. The van der Waals surface area contributed by atoms with Crippen molar-refractivity contribution in [1.29, 1.82) is 0 Å². The summed E-state index contributed by atoms with van der Waals surface area (Å²) in [4.78, 5) is 25.7. The zero-order chi connectivity index (χ0) is 16.2. The van der Waals surface area contributed by atoms with Gasteiger partial charge < -0.3 is 9.59 Å². The van der Waals surface area contributed by atoms with Crippen LogP contribution in [-0.4, -0.2) is 9.36 Å². The summed E-state index contributed by atoms with van der Waals surface area (Å²) in [6.45, 7) is 2.05. The van der Waals surface area contributed by atoms with Crippen molar-refractivity contribution in [2.24, 2.45) is 0 Å². The summed E-state index contributed by atoms with van der Waals surface area (Å²) in [6.07, 6.45) is 2.29. The third-order valence-corrected chi connectivity index (χ3v) is 3.88. The third-order valence-electron chi connectivity index (χ3n) is 3.88. The molecule has 4 nitrogen and oxygen atoms in total. The molecule has 0 aliphatic carbocycles. The molecule has 0 fully saturated rings. The molecule has 0 unspecified atom stereocenters. The van der Waals surface area contributed by atoms with E-state index in [1.165, 1.54) is 9.36 Å². The van der Waals surface area contributed by atoms with Gasteiger partial charge in [-0.2, -0.15) is 0 Å². The van der Waals surface area contributed by atoms with E-state index in [1.807, 2.05) is 67.6 Å². The van der Waals surface area contributed by atoms with E-state index in [1.54, 1.807) is 0 Å². The summed E-state index contributed by atoms with van der Waals surface area (Å²) in [5.41, 5.74) is 1.30. The Labute approximate surface area is 163 Å². The Morgan fingerprint density at radius 2 is 1.21 bits per heavy atom. The van der Waals surface area contributed by atoms with E-state index >= 15 is 0 Å². The van der Waals surface area contributed by atoms with E-state index in [0.717, 1.165) is 12.8 Å². The van der Waals surface area contributed by atoms with Gasteiger partial charge in [0.05, 0.1) is 11.4 Å². The van der Waals surface area contributed by atoms with Crippen LogP contribution < -0.4 is 40.7 Å². The van der Waals surface area contributed by atoms with Gasteiger partial charge in [-0.3, -0.25) is 0 Å². The van der Waals surface area contributed by atoms with Crippen molar-refractivity contribution in [3.05, 3.63) is 86.9 Å². The van der Waals surface area contributed by atoms with Crippen LogP contribution in [0.4, 0.5) is 0 Å². The summed E-state index contributed by atoms with van der Waals surface area (Å²) in [7, 11) is 0. The van der Waals surface area contributed by atoms with Crippen LogP contribution in [0.15, 0.2) is 70.3 Å². The fourth-order valence-electron chi connectivity index (χ4n) is 2.70. The second kappa shape index (κ2) is 8.38. The van der Waals surface area contributed by atoms with Crippen LogP contribution in [0, 0.1) is 0 Å². The van der Waals surface area contributed by atoms with Crippen molar-refractivity contribution in [2.75, 3.05) is 0 Å². The normalized spacial score (nSPS) is 10.4. The summed E-state index contributed by atoms with van der Waals surface area (Å²) in [6, 6.07) is 18.6. The van der Waals surface area contributed by atoms with E-state index in [9.17, 15) is 9.59 Å². The second-order valence-corrected chi connectivity index (χ2v) is 5.49. The van der Waals surface area contributed by atoms with Crippen LogP contribution in [-0.2, 0) is 6.42 Å². The van der Waals surface area contributed by atoms with E-state index in [-0.39, 0.29) is 40.7 Å². The first-order chi connectivity index (χ1) is 11.2. The average Bonchev–Trinajstić information content (AvgIpc) is 2.85. The van der Waals surface area contributed by atoms with E-state index in [2.05, 4.69) is 0 Å². The summed E-state index contributed by atoms with van der Waals surface area (Å²) in [5, 5.41) is 0. The van der Waals surface area contributed by atoms with Gasteiger partial charge in [0.25, 0.3) is 0 Å². The number of para-hydroxylation sites is 2. The second-order valence-electron chi connectivity index (χ2n) is 5.49. The van der Waals surface area contributed by atoms with Gasteiger partial charge in [0.2, 0.25) is 0 Å². The Hall–Kier alpha value is -1.75. The maximum Gasteiger partial charge on any atom is 1.00 e. The third kappa shape index (κ3) is 3.51. The smallest absolute Gasteiger partial charge is 0.308 e. The van der Waals surface area contributed by atoms with Crippen molar-refractivity contribution in [2.45, 2.75) is 26.2 Å². The number of benzene rings is 2. The van der Waals surface area contributed by atoms with Crippen molar-refractivity contribution < 1.29 is 29.6 Å². The molecule has 5 heteroatoms. The molecule has 0 aliphatic rings. The SMILES string of the molecule is CCCC[c-]1c(=O)n(-c2ccccc2)n(-c2ccccc2)c1=O.[Na+]. The Morgan fingerprint density at radius 3 is 1.58 bits per heavy atom. The fraction of sp³-hybridized carbons (Fsp3) is 0.211. The molecule has 3 rings (SSSR count). The number of unbranched alkanes of at least 4 members (excludes halogenated alkanes) is 1. The molecular formula is C19H19N2NaO2. The van der Waals surface area contributed by atoms with Crippen molar-refractivity contribution in [3.63, 3.8) is 0 Å². The largest absolute Gasteiger partial charge is 1.00 e. The zero-order valence-corrected chi connectivity index (χ0v) is 16.1. The molecule has 1 aromatic heterocycles. The summed E-state index contributed by atoms with van der Waals surface area (Å²) < 4.78 is 2.95. The minimum absolute atomic E-state index is 0. The van der Waals surface area contributed by atoms with Crippen LogP contribution in [0.1, 0.15) is 25.3 Å². The van der Waals surface area contributed by atoms with Gasteiger partial charge in [0.15, 0.2) is 0 Å². The van der Waals surface area contributed by atoms with Crippen LogP contribution >= 0.6 is 0 Å². The van der Waals surface area contributed by atoms with Crippen LogP contribution in [0.5, 0.6) is 0 Å². The van der Waals surface area contributed by atoms with Crippen molar-refractivity contribution in [3.8, 4) is 11.4 Å². The summed E-state index contributed by atoms with van der Waals surface area (Å²) >= 11 is 0. The van der Waals surface area contributed by atoms with Gasteiger partial charge in [-0.1, -0.05) is 56.2 Å². The van der Waals surface area contributed by atoms with Gasteiger partial charge in [0, 0.05) is 0 Å². The van der Waals surface area contributed by atoms with Crippen LogP contribution in [0.2, 0.25) is 0 Å². The Kier molecular flexibility index (Phi) is 6.49. The molecule has 1 heterocycles. The predicted molar refractivity (Wildman–Crippen MR) is 91.8 cm³/mol. The molecule has 2 aromatic carbocycles. The first-order valence-corrected chi connectivity index (χ1v) is 7.88. The van der Waals surface area contributed by atoms with Crippen molar-refractivity contribution in [1.82, 2.24) is 9.36 Å². The zero-order valence-electron chi connectivity index (χ0n) is 14.1. The van der Waals surface area contributed by atoms with Gasteiger partial charge in [-0.15, -0.1) is 6.42 Å². The number of nitrogens with zero attached hydrogens (tertiary/aromatic N) is 2. The van der Waals surface area contributed by atoms with Gasteiger partial charge in [0.1, 0.15) is 11.1 Å². The molecule has 24 heavy (non-hydrogen) atoms. The monoisotopic (exact) mass is 330 g/mol. The molecule has 0 saturated heterocycles. The number of rotatable bonds is 5. The maximum atomic E-state index is 12.8. The summed E-state index contributed by atoms with van der Waals surface area (Å²) in [5.74, 6) is 0. The standard InChI is InChI=1S/C19H19N2O2.Na/c1-2-3-14-17-18(22)20(15-10-6-4-7-11-15)21(19(17)23)16-12-8-5-9-13-16;/h4-13H,2-3,14H2,1H3;/q-1;+1. The minimum atomic E-state index is -0.224. The van der Waals surface area contributed by atoms with Gasteiger partial charge in [-0.25, -0.2) is 14.9 Å². The molecule has 0 radical (unpaired) electrons. The first kappa shape index (κ1) is 18.6. The molecule has 0 atom stereocenters. The minimum Gasteiger partial charge on any atom is -0.308 e. The molecule has 0 spiro atoms. The molecule has 118 valence electrons. The Morgan fingerprint density at radius 1 is 0.792 bits per heavy atom. The first-order valence-electron chi connectivity index (χ1n) is 7.88. The quantitative estimate of drug-likeness (QED) is 0.490. The maximum absolute atomic E-state index is 12.8. The van der Waals surface area contributed by atoms with E-state index in [0.29, 0.717) is 23.4 Å². The molecule has 0 bridgehead atoms. The van der Waals surface area contributed by atoms with E-state index < -0.39 is 0 Å². The fourth-order valence-corrected chi connectivity index (χ4v) is 2.70. The molecular weight excluding hydrogens is 311 g/mol. The molecule has 3 aromatic rings. The van der Waals surface area contributed by atoms with Crippen LogP contribution in [0.3, 0.4) is 0 Å². The Balaban J connectivity index is 0.00000208. The van der Waals surface area contributed by atoms with Crippen molar-refractivity contribution >= 4 is 0 Å². The molecule has 0 saturated carbocycles. The molecule has 0 N–H and O–H groups in total. The number of aromatic nitrogens is 2.